The van der Waals surface area contributed by atoms with E-state index in [9.17, 15) is 14.7 Å². The first-order valence-corrected chi connectivity index (χ1v) is 11.2. The molecule has 0 aliphatic rings. The van der Waals surface area contributed by atoms with E-state index in [0.717, 1.165) is 27.3 Å². The fourth-order valence-electron chi connectivity index (χ4n) is 2.98. The second kappa shape index (κ2) is 9.11. The fourth-order valence-corrected chi connectivity index (χ4v) is 4.58. The first-order chi connectivity index (χ1) is 15.1. The Labute approximate surface area is 186 Å². The molecule has 0 saturated heterocycles. The quantitative estimate of drug-likeness (QED) is 0.369. The Morgan fingerprint density at radius 1 is 1.06 bits per heavy atom. The van der Waals surface area contributed by atoms with Gasteiger partial charge in [-0.3, -0.25) is 10.1 Å². The van der Waals surface area contributed by atoms with Crippen LogP contribution in [-0.2, 0) is 4.74 Å². The molecule has 0 unspecified atom stereocenters. The number of carbonyl (C=O) groups is 2. The number of hydrogen-bond acceptors (Lipinski definition) is 7. The molecule has 2 aromatic heterocycles. The lowest BCUT2D eigenvalue weighted by atomic mass is 10.1. The molecule has 6 nitrogen and oxygen atoms in total. The van der Waals surface area contributed by atoms with E-state index in [-0.39, 0.29) is 23.1 Å². The molecule has 0 atom stereocenters. The molecule has 0 aliphatic heterocycles. The summed E-state index contributed by atoms with van der Waals surface area (Å²) in [5, 5.41) is 15.1. The van der Waals surface area contributed by atoms with E-state index >= 15 is 0 Å². The average Bonchev–Trinajstić information content (AvgIpc) is 3.45. The third-order valence-corrected chi connectivity index (χ3v) is 6.27. The Hall–Kier alpha value is -3.49. The van der Waals surface area contributed by atoms with E-state index < -0.39 is 11.9 Å². The number of anilines is 1. The van der Waals surface area contributed by atoms with Gasteiger partial charge in [0.15, 0.2) is 5.13 Å². The van der Waals surface area contributed by atoms with Gasteiger partial charge in [0.05, 0.1) is 17.9 Å². The predicted molar refractivity (Wildman–Crippen MR) is 123 cm³/mol. The van der Waals surface area contributed by atoms with Crippen molar-refractivity contribution in [2.45, 2.75) is 6.92 Å². The monoisotopic (exact) mass is 450 g/mol. The van der Waals surface area contributed by atoms with Gasteiger partial charge in [-0.25, -0.2) is 9.78 Å². The van der Waals surface area contributed by atoms with Crippen LogP contribution in [0.2, 0.25) is 0 Å². The fraction of sp³-hybridized carbons (Fsp3) is 0.0870. The van der Waals surface area contributed by atoms with Gasteiger partial charge in [-0.05, 0) is 42.1 Å². The molecule has 4 aromatic rings. The summed E-state index contributed by atoms with van der Waals surface area (Å²) in [4.78, 5) is 31.1. The van der Waals surface area contributed by atoms with Crippen LogP contribution in [0, 0.1) is 0 Å². The number of phenols is 1. The van der Waals surface area contributed by atoms with E-state index in [0.29, 0.717) is 10.6 Å². The minimum atomic E-state index is -0.514. The summed E-state index contributed by atoms with van der Waals surface area (Å²) in [6.45, 7) is 1.96. The lowest BCUT2D eigenvalue weighted by molar-refractivity contribution is 0.0532. The van der Waals surface area contributed by atoms with E-state index in [1.165, 1.54) is 6.07 Å². The Morgan fingerprint density at radius 3 is 2.58 bits per heavy atom. The number of amides is 1. The number of thiazole rings is 1. The highest BCUT2D eigenvalue weighted by Crippen LogP contribution is 2.33. The summed E-state index contributed by atoms with van der Waals surface area (Å²) in [6, 6.07) is 18.0. The van der Waals surface area contributed by atoms with Gasteiger partial charge < -0.3 is 9.84 Å². The second-order valence-electron chi connectivity index (χ2n) is 6.45. The van der Waals surface area contributed by atoms with Crippen LogP contribution >= 0.6 is 22.7 Å². The SMILES string of the molecule is CCOC(=O)c1sc(NC(=O)c2cc(-c3cccs3)ccc2O)nc1-c1ccccc1. The maximum Gasteiger partial charge on any atom is 0.350 e. The molecule has 0 bridgehead atoms. The maximum atomic E-state index is 12.9. The third kappa shape index (κ3) is 4.50. The van der Waals surface area contributed by atoms with Crippen LogP contribution in [0.4, 0.5) is 5.13 Å². The summed E-state index contributed by atoms with van der Waals surface area (Å²) in [6.07, 6.45) is 0. The number of carbonyl (C=O) groups excluding carboxylic acids is 2. The number of nitrogens with zero attached hydrogens (tertiary/aromatic N) is 1. The topological polar surface area (TPSA) is 88.5 Å². The summed E-state index contributed by atoms with van der Waals surface area (Å²) < 4.78 is 5.15. The number of nitrogens with one attached hydrogen (secondary N) is 1. The van der Waals surface area contributed by atoms with E-state index in [1.54, 1.807) is 30.4 Å². The molecule has 31 heavy (non-hydrogen) atoms. The molecule has 1 amide bonds. The van der Waals surface area contributed by atoms with Gasteiger partial charge in [0.1, 0.15) is 10.6 Å². The molecule has 0 radical (unpaired) electrons. The van der Waals surface area contributed by atoms with Gasteiger partial charge in [-0.15, -0.1) is 11.3 Å². The van der Waals surface area contributed by atoms with Crippen molar-refractivity contribution in [1.82, 2.24) is 4.98 Å². The normalized spacial score (nSPS) is 10.6. The number of phenolic OH excluding ortho intramolecular Hbond substituents is 1. The Bertz CT molecular complexity index is 1220. The van der Waals surface area contributed by atoms with Crippen LogP contribution in [0.25, 0.3) is 21.7 Å². The molecule has 0 fully saturated rings. The number of rotatable bonds is 6. The number of ether oxygens (including phenoxy) is 1. The highest BCUT2D eigenvalue weighted by atomic mass is 32.1. The van der Waals surface area contributed by atoms with Crippen molar-refractivity contribution in [3.63, 3.8) is 0 Å². The Balaban J connectivity index is 1.66. The first-order valence-electron chi connectivity index (χ1n) is 9.48. The highest BCUT2D eigenvalue weighted by Gasteiger charge is 2.22. The van der Waals surface area contributed by atoms with Crippen molar-refractivity contribution < 1.29 is 19.4 Å². The smallest absolute Gasteiger partial charge is 0.350 e. The summed E-state index contributed by atoms with van der Waals surface area (Å²) >= 11 is 2.58. The lowest BCUT2D eigenvalue weighted by Crippen LogP contribution is -2.12. The molecular formula is C23H18N2O4S2. The van der Waals surface area contributed by atoms with E-state index in [2.05, 4.69) is 10.3 Å². The van der Waals surface area contributed by atoms with Gasteiger partial charge >= 0.3 is 5.97 Å². The number of thiophene rings is 1. The van der Waals surface area contributed by atoms with Crippen molar-refractivity contribution in [2.24, 2.45) is 0 Å². The van der Waals surface area contributed by atoms with Crippen molar-refractivity contribution in [1.29, 1.82) is 0 Å². The minimum absolute atomic E-state index is 0.125. The predicted octanol–water partition coefficient (Wildman–Crippen LogP) is 5.67. The van der Waals surface area contributed by atoms with Crippen LogP contribution in [0.15, 0.2) is 66.0 Å². The number of esters is 1. The standard InChI is InChI=1S/C23H18N2O4S2/c1-2-29-22(28)20-19(14-7-4-3-5-8-14)24-23(31-20)25-21(27)16-13-15(10-11-17(16)26)18-9-6-12-30-18/h3-13,26H,2H2,1H3,(H,24,25,27). The summed E-state index contributed by atoms with van der Waals surface area (Å²) in [5.41, 5.74) is 2.13. The molecule has 0 saturated carbocycles. The number of hydrogen-bond donors (Lipinski definition) is 2. The van der Waals surface area contributed by atoms with Crippen molar-refractivity contribution in [3.05, 3.63) is 76.5 Å². The van der Waals surface area contributed by atoms with Crippen LogP contribution < -0.4 is 5.32 Å². The molecule has 0 aliphatic carbocycles. The number of aromatic nitrogens is 1. The third-order valence-electron chi connectivity index (χ3n) is 4.40. The van der Waals surface area contributed by atoms with Gasteiger partial charge in [0.25, 0.3) is 5.91 Å². The van der Waals surface area contributed by atoms with Crippen LogP contribution in [0.5, 0.6) is 5.75 Å². The summed E-state index contributed by atoms with van der Waals surface area (Å²) in [7, 11) is 0. The van der Waals surface area contributed by atoms with Gasteiger partial charge in [0.2, 0.25) is 0 Å². The number of benzene rings is 2. The van der Waals surface area contributed by atoms with E-state index in [1.807, 2.05) is 47.8 Å². The molecule has 156 valence electrons. The number of aromatic hydroxyl groups is 1. The Morgan fingerprint density at radius 2 is 1.87 bits per heavy atom. The lowest BCUT2D eigenvalue weighted by Gasteiger charge is -2.06. The molecule has 8 heteroatoms. The van der Waals surface area contributed by atoms with Gasteiger partial charge in [-0.1, -0.05) is 47.7 Å². The van der Waals surface area contributed by atoms with Crippen molar-refractivity contribution >= 4 is 39.7 Å². The van der Waals surface area contributed by atoms with Gasteiger partial charge in [0, 0.05) is 10.4 Å². The maximum absolute atomic E-state index is 12.9. The largest absolute Gasteiger partial charge is 0.507 e. The van der Waals surface area contributed by atoms with Crippen LogP contribution in [-0.4, -0.2) is 28.6 Å². The van der Waals surface area contributed by atoms with Gasteiger partial charge in [-0.2, -0.15) is 0 Å². The molecule has 2 heterocycles. The molecule has 2 N–H and O–H groups in total. The zero-order chi connectivity index (χ0) is 21.8. The summed E-state index contributed by atoms with van der Waals surface area (Å²) in [5.74, 6) is -1.15. The average molecular weight is 451 g/mol. The molecule has 0 spiro atoms. The molecule has 2 aromatic carbocycles. The van der Waals surface area contributed by atoms with Crippen molar-refractivity contribution in [2.75, 3.05) is 11.9 Å². The van der Waals surface area contributed by atoms with Crippen LogP contribution in [0.3, 0.4) is 0 Å². The first kappa shape index (κ1) is 20.8. The second-order valence-corrected chi connectivity index (χ2v) is 8.39. The highest BCUT2D eigenvalue weighted by molar-refractivity contribution is 7.18. The minimum Gasteiger partial charge on any atom is -0.507 e. The Kier molecular flexibility index (Phi) is 6.11. The zero-order valence-corrected chi connectivity index (χ0v) is 18.1. The molecular weight excluding hydrogens is 432 g/mol. The molecule has 4 rings (SSSR count). The zero-order valence-electron chi connectivity index (χ0n) is 16.5. The van der Waals surface area contributed by atoms with Crippen LogP contribution in [0.1, 0.15) is 27.0 Å². The van der Waals surface area contributed by atoms with E-state index in [4.69, 9.17) is 4.74 Å². The van der Waals surface area contributed by atoms with Crippen molar-refractivity contribution in [3.8, 4) is 27.4 Å².